The van der Waals surface area contributed by atoms with Gasteiger partial charge in [-0.05, 0) is 50.7 Å². The largest absolute Gasteiger partial charge is 0.388 e. The van der Waals surface area contributed by atoms with Gasteiger partial charge in [-0.25, -0.2) is 0 Å². The fourth-order valence-electron chi connectivity index (χ4n) is 2.57. The van der Waals surface area contributed by atoms with Crippen molar-refractivity contribution < 1.29 is 9.90 Å². The van der Waals surface area contributed by atoms with Crippen molar-refractivity contribution in [3.8, 4) is 0 Å². The van der Waals surface area contributed by atoms with Crippen LogP contribution in [-0.4, -0.2) is 28.1 Å². The van der Waals surface area contributed by atoms with Crippen LogP contribution in [0.15, 0.2) is 16.9 Å². The Labute approximate surface area is 118 Å². The Morgan fingerprint density at radius 3 is 2.70 bits per heavy atom. The van der Waals surface area contributed by atoms with Gasteiger partial charge in [0.15, 0.2) is 0 Å². The normalized spacial score (nSPS) is 26.2. The highest BCUT2D eigenvalue weighted by atomic mass is 16.3. The van der Waals surface area contributed by atoms with E-state index in [0.717, 1.165) is 12.8 Å². The molecule has 1 aromatic heterocycles. The van der Waals surface area contributed by atoms with Crippen LogP contribution in [0.5, 0.6) is 0 Å². The van der Waals surface area contributed by atoms with E-state index in [4.69, 9.17) is 0 Å². The molecule has 0 atom stereocenters. The van der Waals surface area contributed by atoms with E-state index in [1.807, 2.05) is 0 Å². The van der Waals surface area contributed by atoms with Gasteiger partial charge in [-0.15, -0.1) is 0 Å². The van der Waals surface area contributed by atoms with E-state index in [1.165, 1.54) is 6.07 Å². The number of nitrogens with one attached hydrogen (secondary N) is 2. The molecule has 5 heteroatoms. The second-order valence-corrected chi connectivity index (χ2v) is 5.97. The molecule has 1 fully saturated rings. The van der Waals surface area contributed by atoms with Crippen molar-refractivity contribution in [2.75, 3.05) is 6.54 Å². The minimum Gasteiger partial charge on any atom is -0.388 e. The lowest BCUT2D eigenvalue weighted by Gasteiger charge is -2.34. The van der Waals surface area contributed by atoms with E-state index < -0.39 is 17.1 Å². The number of carbonyl (C=O) groups is 1. The van der Waals surface area contributed by atoms with Gasteiger partial charge < -0.3 is 15.4 Å². The number of aliphatic hydroxyl groups is 1. The smallest absolute Gasteiger partial charge is 0.260 e. The molecule has 20 heavy (non-hydrogen) atoms. The lowest BCUT2D eigenvalue weighted by atomic mass is 9.79. The number of rotatable bonds is 3. The molecule has 1 heterocycles. The Kier molecular flexibility index (Phi) is 4.28. The van der Waals surface area contributed by atoms with Crippen LogP contribution in [0.2, 0.25) is 0 Å². The number of hydrogen-bond acceptors (Lipinski definition) is 3. The van der Waals surface area contributed by atoms with E-state index in [0.29, 0.717) is 24.5 Å². The molecule has 3 N–H and O–H groups in total. The predicted octanol–water partition coefficient (Wildman–Crippen LogP) is 1.35. The molecule has 0 radical (unpaired) electrons. The average molecular weight is 278 g/mol. The maximum absolute atomic E-state index is 12.0. The van der Waals surface area contributed by atoms with Gasteiger partial charge in [-0.1, -0.05) is 6.92 Å². The minimum atomic E-state index is -0.834. The molecule has 0 bridgehead atoms. The van der Waals surface area contributed by atoms with Crippen LogP contribution in [-0.2, 0) is 0 Å². The summed E-state index contributed by atoms with van der Waals surface area (Å²) in [5, 5.41) is 13.1. The second kappa shape index (κ2) is 5.79. The first-order chi connectivity index (χ1) is 9.39. The van der Waals surface area contributed by atoms with Gasteiger partial charge in [0.05, 0.1) is 5.60 Å². The molecule has 1 aromatic rings. The third kappa shape index (κ3) is 3.48. The summed E-state index contributed by atoms with van der Waals surface area (Å²) in [5.41, 5.74) is -0.429. The van der Waals surface area contributed by atoms with E-state index >= 15 is 0 Å². The highest BCUT2D eigenvalue weighted by Gasteiger charge is 2.32. The quantitative estimate of drug-likeness (QED) is 0.780. The number of aromatic amines is 1. The standard InChI is InChI=1S/C15H22N2O3/c1-10-5-7-15(20,8-6-10)9-16-13(18)12-4-3-11(2)17-14(12)19/h3-4,10,20H,5-9H2,1-2H3,(H,16,18)(H,17,19). The summed E-state index contributed by atoms with van der Waals surface area (Å²) < 4.78 is 0. The highest BCUT2D eigenvalue weighted by molar-refractivity contribution is 5.93. The summed E-state index contributed by atoms with van der Waals surface area (Å²) in [5.74, 6) is 0.198. The van der Waals surface area contributed by atoms with Crippen molar-refractivity contribution in [1.82, 2.24) is 10.3 Å². The van der Waals surface area contributed by atoms with E-state index in [-0.39, 0.29) is 12.1 Å². The molecular weight excluding hydrogens is 256 g/mol. The van der Waals surface area contributed by atoms with Crippen molar-refractivity contribution in [2.45, 2.75) is 45.1 Å². The van der Waals surface area contributed by atoms with Crippen molar-refractivity contribution in [3.63, 3.8) is 0 Å². The van der Waals surface area contributed by atoms with E-state index in [1.54, 1.807) is 13.0 Å². The summed E-state index contributed by atoms with van der Waals surface area (Å²) in [4.78, 5) is 26.3. The number of pyridine rings is 1. The molecule has 0 spiro atoms. The van der Waals surface area contributed by atoms with Crippen molar-refractivity contribution >= 4 is 5.91 Å². The minimum absolute atomic E-state index is 0.0865. The van der Waals surface area contributed by atoms with Crippen LogP contribution in [0, 0.1) is 12.8 Å². The molecule has 1 saturated carbocycles. The zero-order valence-corrected chi connectivity index (χ0v) is 12.0. The monoisotopic (exact) mass is 278 g/mol. The zero-order valence-electron chi connectivity index (χ0n) is 12.0. The fourth-order valence-corrected chi connectivity index (χ4v) is 2.57. The van der Waals surface area contributed by atoms with Gasteiger partial charge in [0.2, 0.25) is 0 Å². The number of hydrogen-bond donors (Lipinski definition) is 3. The number of carbonyl (C=O) groups excluding carboxylic acids is 1. The Balaban J connectivity index is 1.97. The summed E-state index contributed by atoms with van der Waals surface area (Å²) in [6.45, 7) is 4.13. The second-order valence-electron chi connectivity index (χ2n) is 5.97. The molecule has 0 unspecified atom stereocenters. The first-order valence-electron chi connectivity index (χ1n) is 7.10. The maximum Gasteiger partial charge on any atom is 0.260 e. The van der Waals surface area contributed by atoms with Gasteiger partial charge >= 0.3 is 0 Å². The van der Waals surface area contributed by atoms with Crippen LogP contribution in [0.25, 0.3) is 0 Å². The first kappa shape index (κ1) is 14.8. The van der Waals surface area contributed by atoms with Gasteiger partial charge in [0.25, 0.3) is 11.5 Å². The lowest BCUT2D eigenvalue weighted by Crippen LogP contribution is -2.46. The van der Waals surface area contributed by atoms with Gasteiger partial charge in [-0.2, -0.15) is 0 Å². The van der Waals surface area contributed by atoms with Crippen LogP contribution >= 0.6 is 0 Å². The molecule has 1 aliphatic carbocycles. The molecule has 0 aliphatic heterocycles. The third-order valence-corrected chi connectivity index (χ3v) is 4.08. The van der Waals surface area contributed by atoms with Crippen LogP contribution in [0.3, 0.4) is 0 Å². The third-order valence-electron chi connectivity index (χ3n) is 4.08. The maximum atomic E-state index is 12.0. The van der Waals surface area contributed by atoms with Gasteiger partial charge in [0, 0.05) is 12.2 Å². The molecule has 110 valence electrons. The summed E-state index contributed by atoms with van der Waals surface area (Å²) in [7, 11) is 0. The number of aryl methyl sites for hydroxylation is 1. The molecule has 5 nitrogen and oxygen atoms in total. The molecule has 0 saturated heterocycles. The molecule has 2 rings (SSSR count). The summed E-state index contributed by atoms with van der Waals surface area (Å²) >= 11 is 0. The lowest BCUT2D eigenvalue weighted by molar-refractivity contribution is -0.00541. The average Bonchev–Trinajstić information content (AvgIpc) is 2.40. The SMILES string of the molecule is Cc1ccc(C(=O)NCC2(O)CCC(C)CC2)c(=O)[nH]1. The van der Waals surface area contributed by atoms with Crippen molar-refractivity contribution in [2.24, 2.45) is 5.92 Å². The Bertz CT molecular complexity index is 542. The van der Waals surface area contributed by atoms with Crippen LogP contribution in [0.4, 0.5) is 0 Å². The molecule has 0 aromatic carbocycles. The van der Waals surface area contributed by atoms with Crippen LogP contribution in [0.1, 0.15) is 48.7 Å². The summed E-state index contributed by atoms with van der Waals surface area (Å²) in [6, 6.07) is 3.20. The molecule has 1 amide bonds. The fraction of sp³-hybridized carbons (Fsp3) is 0.600. The summed E-state index contributed by atoms with van der Waals surface area (Å²) in [6.07, 6.45) is 3.33. The van der Waals surface area contributed by atoms with E-state index in [2.05, 4.69) is 17.2 Å². The first-order valence-corrected chi connectivity index (χ1v) is 7.10. The van der Waals surface area contributed by atoms with E-state index in [9.17, 15) is 14.7 Å². The molecule has 1 aliphatic rings. The Hall–Kier alpha value is -1.62. The predicted molar refractivity (Wildman–Crippen MR) is 76.7 cm³/mol. The topological polar surface area (TPSA) is 82.2 Å². The Morgan fingerprint density at radius 2 is 2.10 bits per heavy atom. The van der Waals surface area contributed by atoms with Crippen molar-refractivity contribution in [1.29, 1.82) is 0 Å². The van der Waals surface area contributed by atoms with Crippen LogP contribution < -0.4 is 10.9 Å². The van der Waals surface area contributed by atoms with Gasteiger partial charge in [0.1, 0.15) is 5.56 Å². The van der Waals surface area contributed by atoms with Crippen molar-refractivity contribution in [3.05, 3.63) is 33.7 Å². The number of H-pyrrole nitrogens is 1. The Morgan fingerprint density at radius 1 is 1.45 bits per heavy atom. The number of amides is 1. The van der Waals surface area contributed by atoms with Gasteiger partial charge in [-0.3, -0.25) is 9.59 Å². The molecular formula is C15H22N2O3. The zero-order chi connectivity index (χ0) is 14.8. The highest BCUT2D eigenvalue weighted by Crippen LogP contribution is 2.31. The number of aromatic nitrogens is 1.